The predicted octanol–water partition coefficient (Wildman–Crippen LogP) is 3.93. The lowest BCUT2D eigenvalue weighted by atomic mass is 10.1. The number of hydrogen-bond acceptors (Lipinski definition) is 6. The van der Waals surface area contributed by atoms with Crippen molar-refractivity contribution < 1.29 is 14.3 Å². The van der Waals surface area contributed by atoms with E-state index in [0.29, 0.717) is 17.5 Å². The van der Waals surface area contributed by atoms with Gasteiger partial charge in [0.1, 0.15) is 22.8 Å². The van der Waals surface area contributed by atoms with E-state index in [-0.39, 0.29) is 11.4 Å². The van der Waals surface area contributed by atoms with Crippen LogP contribution < -0.4 is 25.8 Å². The van der Waals surface area contributed by atoms with Crippen LogP contribution >= 0.6 is 0 Å². The number of ether oxygens (including phenoxy) is 2. The molecule has 4 N–H and O–H groups in total. The van der Waals surface area contributed by atoms with E-state index in [0.717, 1.165) is 37.4 Å². The number of piperidine rings is 1. The van der Waals surface area contributed by atoms with Crippen LogP contribution in [0.3, 0.4) is 0 Å². The van der Waals surface area contributed by atoms with Crippen LogP contribution in [0.1, 0.15) is 23.2 Å². The lowest BCUT2D eigenvalue weighted by Crippen LogP contribution is -2.38. The second-order valence-electron chi connectivity index (χ2n) is 7.12. The molecule has 2 aromatic carbocycles. The quantitative estimate of drug-likeness (QED) is 0.552. The number of amides is 1. The molecule has 0 radical (unpaired) electrons. The van der Waals surface area contributed by atoms with Gasteiger partial charge < -0.3 is 25.8 Å². The van der Waals surface area contributed by atoms with Crippen molar-refractivity contribution in [2.24, 2.45) is 5.73 Å². The van der Waals surface area contributed by atoms with Gasteiger partial charge in [-0.3, -0.25) is 4.79 Å². The van der Waals surface area contributed by atoms with Gasteiger partial charge in [0.2, 0.25) is 5.88 Å². The first-order valence-electron chi connectivity index (χ1n) is 9.95. The topological polar surface area (TPSA) is 98.5 Å². The van der Waals surface area contributed by atoms with E-state index in [4.69, 9.17) is 15.2 Å². The number of aromatic nitrogens is 1. The van der Waals surface area contributed by atoms with Gasteiger partial charge in [0, 0.05) is 12.6 Å². The molecule has 0 saturated carbocycles. The summed E-state index contributed by atoms with van der Waals surface area (Å²) in [6, 6.07) is 18.6. The number of nitrogens with two attached hydrogens (primary N) is 1. The molecular weight excluding hydrogens is 380 g/mol. The smallest absolute Gasteiger partial charge is 0.254 e. The van der Waals surface area contributed by atoms with E-state index >= 15 is 0 Å². The van der Waals surface area contributed by atoms with Gasteiger partial charge in [-0.15, -0.1) is 0 Å². The molecule has 30 heavy (non-hydrogen) atoms. The van der Waals surface area contributed by atoms with E-state index in [2.05, 4.69) is 15.6 Å². The van der Waals surface area contributed by atoms with E-state index < -0.39 is 5.91 Å². The Kier molecular flexibility index (Phi) is 6.10. The maximum atomic E-state index is 12.0. The molecule has 4 rings (SSSR count). The van der Waals surface area contributed by atoms with Gasteiger partial charge in [0.25, 0.3) is 5.91 Å². The van der Waals surface area contributed by atoms with Crippen molar-refractivity contribution in [3.8, 4) is 23.1 Å². The fraction of sp³-hybridized carbons (Fsp3) is 0.217. The Balaban J connectivity index is 1.45. The van der Waals surface area contributed by atoms with Gasteiger partial charge in [-0.25, -0.2) is 4.98 Å². The summed E-state index contributed by atoms with van der Waals surface area (Å²) >= 11 is 0. The molecule has 7 heteroatoms. The number of hydrogen-bond donors (Lipinski definition) is 3. The lowest BCUT2D eigenvalue weighted by Gasteiger charge is -2.25. The molecule has 1 atom stereocenters. The van der Waals surface area contributed by atoms with Gasteiger partial charge in [-0.2, -0.15) is 0 Å². The zero-order valence-electron chi connectivity index (χ0n) is 16.5. The standard InChI is InChI=1S/C23H24N4O3/c24-22(28)21-13-17(27-16-5-4-12-25-14-16)15-26-23(21)30-20-10-8-19(9-11-20)29-18-6-2-1-3-7-18/h1-3,6-11,13,15-16,25,27H,4-5,12,14H2,(H2,24,28). The van der Waals surface area contributed by atoms with E-state index in [9.17, 15) is 4.79 Å². The normalized spacial score (nSPS) is 15.9. The third-order valence-corrected chi connectivity index (χ3v) is 4.80. The summed E-state index contributed by atoms with van der Waals surface area (Å²) in [7, 11) is 0. The van der Waals surface area contributed by atoms with Crippen LogP contribution in [-0.4, -0.2) is 30.0 Å². The summed E-state index contributed by atoms with van der Waals surface area (Å²) in [6.07, 6.45) is 3.83. The number of pyridine rings is 1. The van der Waals surface area contributed by atoms with Crippen LogP contribution in [0.4, 0.5) is 5.69 Å². The summed E-state index contributed by atoms with van der Waals surface area (Å²) in [5.41, 5.74) is 6.54. The Bertz CT molecular complexity index is 987. The molecule has 1 aliphatic heterocycles. The number of anilines is 1. The SMILES string of the molecule is NC(=O)c1cc(NC2CCCNC2)cnc1Oc1ccc(Oc2ccccc2)cc1. The highest BCUT2D eigenvalue weighted by molar-refractivity contribution is 5.96. The molecule has 1 saturated heterocycles. The van der Waals surface area contributed by atoms with Gasteiger partial charge in [0.05, 0.1) is 11.9 Å². The zero-order chi connectivity index (χ0) is 20.8. The molecule has 7 nitrogen and oxygen atoms in total. The van der Waals surface area contributed by atoms with E-state index in [1.807, 2.05) is 30.3 Å². The first-order chi connectivity index (χ1) is 14.7. The van der Waals surface area contributed by atoms with Crippen molar-refractivity contribution in [3.05, 3.63) is 72.4 Å². The Hall–Kier alpha value is -3.58. The Morgan fingerprint density at radius 3 is 2.40 bits per heavy atom. The molecule has 1 amide bonds. The summed E-state index contributed by atoms with van der Waals surface area (Å²) in [5, 5.41) is 6.74. The number of carbonyl (C=O) groups is 1. The number of nitrogens with zero attached hydrogens (tertiary/aromatic N) is 1. The summed E-state index contributed by atoms with van der Waals surface area (Å²) in [4.78, 5) is 16.3. The predicted molar refractivity (Wildman–Crippen MR) is 115 cm³/mol. The van der Waals surface area contributed by atoms with Crippen LogP contribution in [-0.2, 0) is 0 Å². The van der Waals surface area contributed by atoms with Crippen molar-refractivity contribution in [2.45, 2.75) is 18.9 Å². The highest BCUT2D eigenvalue weighted by Gasteiger charge is 2.17. The average molecular weight is 404 g/mol. The molecule has 2 heterocycles. The molecule has 0 aliphatic carbocycles. The number of primary amides is 1. The fourth-order valence-electron chi connectivity index (χ4n) is 3.31. The van der Waals surface area contributed by atoms with Crippen molar-refractivity contribution in [1.82, 2.24) is 10.3 Å². The lowest BCUT2D eigenvalue weighted by molar-refractivity contribution is 0.0997. The summed E-state index contributed by atoms with van der Waals surface area (Å²) in [6.45, 7) is 1.91. The second kappa shape index (κ2) is 9.28. The number of nitrogens with one attached hydrogen (secondary N) is 2. The molecule has 1 aliphatic rings. The molecule has 1 aromatic heterocycles. The van der Waals surface area contributed by atoms with Crippen molar-refractivity contribution in [3.63, 3.8) is 0 Å². The van der Waals surface area contributed by atoms with E-state index in [1.165, 1.54) is 0 Å². The van der Waals surface area contributed by atoms with Gasteiger partial charge in [-0.1, -0.05) is 18.2 Å². The molecule has 1 unspecified atom stereocenters. The first kappa shape index (κ1) is 19.7. The maximum absolute atomic E-state index is 12.0. The number of benzene rings is 2. The van der Waals surface area contributed by atoms with Crippen LogP contribution in [0.15, 0.2) is 66.9 Å². The Morgan fingerprint density at radius 1 is 1.03 bits per heavy atom. The zero-order valence-corrected chi connectivity index (χ0v) is 16.5. The van der Waals surface area contributed by atoms with Gasteiger partial charge in [-0.05, 0) is 61.9 Å². The average Bonchev–Trinajstić information content (AvgIpc) is 2.77. The Morgan fingerprint density at radius 2 is 1.73 bits per heavy atom. The van der Waals surface area contributed by atoms with Crippen molar-refractivity contribution >= 4 is 11.6 Å². The molecule has 154 valence electrons. The van der Waals surface area contributed by atoms with Crippen LogP contribution in [0, 0.1) is 0 Å². The first-order valence-corrected chi connectivity index (χ1v) is 9.95. The molecule has 0 spiro atoms. The molecule has 0 bridgehead atoms. The third kappa shape index (κ3) is 5.07. The highest BCUT2D eigenvalue weighted by Crippen LogP contribution is 2.28. The summed E-state index contributed by atoms with van der Waals surface area (Å²) < 4.78 is 11.6. The van der Waals surface area contributed by atoms with Crippen molar-refractivity contribution in [2.75, 3.05) is 18.4 Å². The molecule has 3 aromatic rings. The van der Waals surface area contributed by atoms with Crippen LogP contribution in [0.5, 0.6) is 23.1 Å². The van der Waals surface area contributed by atoms with Crippen LogP contribution in [0.2, 0.25) is 0 Å². The number of carbonyl (C=O) groups excluding carboxylic acids is 1. The third-order valence-electron chi connectivity index (χ3n) is 4.80. The van der Waals surface area contributed by atoms with E-state index in [1.54, 1.807) is 36.5 Å². The minimum atomic E-state index is -0.591. The second-order valence-corrected chi connectivity index (χ2v) is 7.12. The van der Waals surface area contributed by atoms with Gasteiger partial charge in [0.15, 0.2) is 0 Å². The monoisotopic (exact) mass is 404 g/mol. The molecular formula is C23H24N4O3. The van der Waals surface area contributed by atoms with Gasteiger partial charge >= 0.3 is 0 Å². The number of para-hydroxylation sites is 1. The molecule has 1 fully saturated rings. The minimum Gasteiger partial charge on any atom is -0.457 e. The highest BCUT2D eigenvalue weighted by atomic mass is 16.5. The van der Waals surface area contributed by atoms with Crippen LogP contribution in [0.25, 0.3) is 0 Å². The largest absolute Gasteiger partial charge is 0.457 e. The van der Waals surface area contributed by atoms with Crippen molar-refractivity contribution in [1.29, 1.82) is 0 Å². The maximum Gasteiger partial charge on any atom is 0.254 e. The Labute approximate surface area is 175 Å². The fourth-order valence-corrected chi connectivity index (χ4v) is 3.31. The minimum absolute atomic E-state index is 0.173. The number of rotatable bonds is 7. The summed E-state index contributed by atoms with van der Waals surface area (Å²) in [5.74, 6) is 1.54.